The van der Waals surface area contributed by atoms with Crippen molar-refractivity contribution in [2.24, 2.45) is 15.9 Å². The minimum absolute atomic E-state index is 0.742. The van der Waals surface area contributed by atoms with Gasteiger partial charge in [-0.05, 0) is 18.8 Å². The maximum atomic E-state index is 4.45. The molecule has 2 nitrogen and oxygen atoms in total. The maximum Gasteiger partial charge on any atom is 0.0539 e. The number of nitrogens with zero attached hydrogens (tertiary/aromatic N) is 2. The third-order valence-electron chi connectivity index (χ3n) is 3.39. The van der Waals surface area contributed by atoms with Crippen molar-refractivity contribution in [1.29, 1.82) is 0 Å². The Labute approximate surface area is 90.5 Å². The molecule has 0 aromatic rings. The highest BCUT2D eigenvalue weighted by atomic mass is 14.8. The lowest BCUT2D eigenvalue weighted by Crippen LogP contribution is -2.13. The standard InChI is InChI=1S/C13H15N2/c1-2-4-10(5-3-1)6-13-12-9-14-7-11(12)8-15-13/h6-10H,1-5H2. The molecule has 0 saturated heterocycles. The first-order chi connectivity index (χ1) is 7.43. The van der Waals surface area contributed by atoms with Gasteiger partial charge < -0.3 is 0 Å². The fraction of sp³-hybridized carbons (Fsp3) is 0.462. The van der Waals surface area contributed by atoms with Gasteiger partial charge in [0.05, 0.1) is 5.71 Å². The van der Waals surface area contributed by atoms with Crippen LogP contribution in [-0.2, 0) is 0 Å². The number of rotatable bonds is 2. The Balaban J connectivity index is 1.65. The molecule has 2 heteroatoms. The summed E-state index contributed by atoms with van der Waals surface area (Å²) in [4.78, 5) is 8.61. The van der Waals surface area contributed by atoms with E-state index in [9.17, 15) is 0 Å². The normalized spacial score (nSPS) is 24.9. The van der Waals surface area contributed by atoms with Crippen LogP contribution < -0.4 is 0 Å². The Bertz CT molecular complexity index is 379. The molecule has 3 aliphatic rings. The summed E-state index contributed by atoms with van der Waals surface area (Å²) < 4.78 is 0. The first kappa shape index (κ1) is 9.08. The summed E-state index contributed by atoms with van der Waals surface area (Å²) in [6.07, 6.45) is 14.9. The molecule has 0 amide bonds. The summed E-state index contributed by atoms with van der Waals surface area (Å²) in [5.74, 6) is 0.742. The van der Waals surface area contributed by atoms with Gasteiger partial charge in [0.15, 0.2) is 0 Å². The lowest BCUT2D eigenvalue weighted by molar-refractivity contribution is 0.408. The molecule has 0 spiro atoms. The second-order valence-electron chi connectivity index (χ2n) is 4.48. The molecule has 15 heavy (non-hydrogen) atoms. The highest BCUT2D eigenvalue weighted by Crippen LogP contribution is 2.30. The van der Waals surface area contributed by atoms with Crippen LogP contribution in [0.15, 0.2) is 33.5 Å². The zero-order chi connectivity index (χ0) is 10.1. The molecule has 0 atom stereocenters. The van der Waals surface area contributed by atoms with Gasteiger partial charge in [-0.1, -0.05) is 19.3 Å². The fourth-order valence-electron chi connectivity index (χ4n) is 2.52. The summed E-state index contributed by atoms with van der Waals surface area (Å²) in [7, 11) is 0. The van der Waals surface area contributed by atoms with Crippen LogP contribution in [0.5, 0.6) is 0 Å². The lowest BCUT2D eigenvalue weighted by atomic mass is 9.84. The van der Waals surface area contributed by atoms with Crippen LogP contribution in [0.4, 0.5) is 0 Å². The molecule has 3 rings (SSSR count). The summed E-state index contributed by atoms with van der Waals surface area (Å²) in [5.41, 5.74) is 3.55. The average Bonchev–Trinajstić information content (AvgIpc) is 2.85. The highest BCUT2D eigenvalue weighted by Gasteiger charge is 2.23. The monoisotopic (exact) mass is 199 g/mol. The molecule has 1 fully saturated rings. The highest BCUT2D eigenvalue weighted by molar-refractivity contribution is 6.18. The zero-order valence-electron chi connectivity index (χ0n) is 8.82. The quantitative estimate of drug-likeness (QED) is 0.653. The van der Waals surface area contributed by atoms with E-state index in [2.05, 4.69) is 16.4 Å². The zero-order valence-corrected chi connectivity index (χ0v) is 8.82. The molecule has 1 aliphatic carbocycles. The van der Waals surface area contributed by atoms with Gasteiger partial charge in [-0.2, -0.15) is 0 Å². The topological polar surface area (TPSA) is 24.7 Å². The molecule has 0 unspecified atom stereocenters. The molecule has 77 valence electrons. The number of hydrogen-bond donors (Lipinski definition) is 0. The van der Waals surface area contributed by atoms with E-state index < -0.39 is 0 Å². The Morgan fingerprint density at radius 3 is 2.87 bits per heavy atom. The van der Waals surface area contributed by atoms with Crippen molar-refractivity contribution in [1.82, 2.24) is 0 Å². The molecule has 0 N–H and O–H groups in total. The second kappa shape index (κ2) is 3.76. The van der Waals surface area contributed by atoms with E-state index in [1.54, 1.807) is 0 Å². The Morgan fingerprint density at radius 1 is 1.13 bits per heavy atom. The van der Waals surface area contributed by atoms with E-state index in [-0.39, 0.29) is 0 Å². The minimum atomic E-state index is 0.742. The predicted molar refractivity (Wildman–Crippen MR) is 63.0 cm³/mol. The third kappa shape index (κ3) is 1.69. The van der Waals surface area contributed by atoms with Gasteiger partial charge in [-0.25, -0.2) is 0 Å². The molecule has 2 aliphatic heterocycles. The third-order valence-corrected chi connectivity index (χ3v) is 3.39. The van der Waals surface area contributed by atoms with Crippen LogP contribution in [0.3, 0.4) is 0 Å². The van der Waals surface area contributed by atoms with E-state index in [0.717, 1.165) is 11.6 Å². The first-order valence-corrected chi connectivity index (χ1v) is 5.80. The van der Waals surface area contributed by atoms with Gasteiger partial charge in [-0.15, -0.1) is 0 Å². The molecule has 0 bridgehead atoms. The SMILES string of the molecule is [CH](C1=NC=C2C=NC=C21)C1CCCCC1. The Morgan fingerprint density at radius 2 is 2.00 bits per heavy atom. The van der Waals surface area contributed by atoms with Gasteiger partial charge in [0.1, 0.15) is 0 Å². The van der Waals surface area contributed by atoms with Crippen molar-refractivity contribution >= 4 is 11.9 Å². The molecule has 1 saturated carbocycles. The van der Waals surface area contributed by atoms with Crippen molar-refractivity contribution in [3.63, 3.8) is 0 Å². The first-order valence-electron chi connectivity index (χ1n) is 5.80. The van der Waals surface area contributed by atoms with Crippen molar-refractivity contribution in [3.8, 4) is 0 Å². The minimum Gasteiger partial charge on any atom is -0.263 e. The van der Waals surface area contributed by atoms with Crippen LogP contribution >= 0.6 is 0 Å². The van der Waals surface area contributed by atoms with Gasteiger partial charge in [-0.3, -0.25) is 9.98 Å². The summed E-state index contributed by atoms with van der Waals surface area (Å²) in [6.45, 7) is 0. The predicted octanol–water partition coefficient (Wildman–Crippen LogP) is 3.08. The Kier molecular flexibility index (Phi) is 2.28. The Hall–Kier alpha value is -1.18. The van der Waals surface area contributed by atoms with Gasteiger partial charge in [0.25, 0.3) is 0 Å². The molecule has 0 aromatic carbocycles. The molecule has 0 aromatic heterocycles. The number of fused-ring (bicyclic) bond motifs is 1. The van der Waals surface area contributed by atoms with Gasteiger partial charge >= 0.3 is 0 Å². The average molecular weight is 199 g/mol. The van der Waals surface area contributed by atoms with Crippen molar-refractivity contribution in [2.75, 3.05) is 0 Å². The molecule has 2 heterocycles. The van der Waals surface area contributed by atoms with E-state index in [1.165, 1.54) is 43.3 Å². The maximum absolute atomic E-state index is 4.45. The van der Waals surface area contributed by atoms with Crippen LogP contribution in [0, 0.1) is 12.3 Å². The second-order valence-corrected chi connectivity index (χ2v) is 4.48. The van der Waals surface area contributed by atoms with E-state index in [1.807, 2.05) is 18.6 Å². The molecule has 1 radical (unpaired) electrons. The van der Waals surface area contributed by atoms with Crippen molar-refractivity contribution in [2.45, 2.75) is 32.1 Å². The molecular formula is C13H15N2. The summed E-state index contributed by atoms with van der Waals surface area (Å²) in [6, 6.07) is 0. The van der Waals surface area contributed by atoms with E-state index >= 15 is 0 Å². The lowest BCUT2D eigenvalue weighted by Gasteiger charge is -2.21. The van der Waals surface area contributed by atoms with E-state index in [4.69, 9.17) is 0 Å². The molecular weight excluding hydrogens is 184 g/mol. The summed E-state index contributed by atoms with van der Waals surface area (Å²) in [5, 5.41) is 0. The van der Waals surface area contributed by atoms with Crippen LogP contribution in [0.2, 0.25) is 0 Å². The number of hydrogen-bond acceptors (Lipinski definition) is 2. The van der Waals surface area contributed by atoms with Crippen LogP contribution in [-0.4, -0.2) is 11.9 Å². The largest absolute Gasteiger partial charge is 0.263 e. The fourth-order valence-corrected chi connectivity index (χ4v) is 2.52. The smallest absolute Gasteiger partial charge is 0.0539 e. The van der Waals surface area contributed by atoms with Crippen molar-refractivity contribution < 1.29 is 0 Å². The van der Waals surface area contributed by atoms with E-state index in [0.29, 0.717) is 0 Å². The summed E-state index contributed by atoms with van der Waals surface area (Å²) >= 11 is 0. The number of aliphatic imine (C=N–C) groups is 2. The van der Waals surface area contributed by atoms with Crippen LogP contribution in [0.25, 0.3) is 0 Å². The van der Waals surface area contributed by atoms with Crippen molar-refractivity contribution in [3.05, 3.63) is 30.0 Å². The number of allylic oxidation sites excluding steroid dienone is 2. The van der Waals surface area contributed by atoms with Gasteiger partial charge in [0, 0.05) is 36.2 Å². The van der Waals surface area contributed by atoms with Gasteiger partial charge in [0.2, 0.25) is 0 Å². The van der Waals surface area contributed by atoms with Crippen LogP contribution in [0.1, 0.15) is 32.1 Å².